The summed E-state index contributed by atoms with van der Waals surface area (Å²) in [5.74, 6) is 1.20. The quantitative estimate of drug-likeness (QED) is 0.858. The van der Waals surface area contributed by atoms with Gasteiger partial charge in [-0.3, -0.25) is 9.59 Å². The van der Waals surface area contributed by atoms with Crippen LogP contribution in [0.1, 0.15) is 24.1 Å². The molecule has 2 aliphatic heterocycles. The molecule has 2 heterocycles. The summed E-state index contributed by atoms with van der Waals surface area (Å²) in [6.45, 7) is 3.00. The molecule has 1 saturated heterocycles. The Hall–Kier alpha value is -1.24. The molecule has 0 bridgehead atoms. The molecule has 2 N–H and O–H groups in total. The second kappa shape index (κ2) is 8.04. The van der Waals surface area contributed by atoms with Gasteiger partial charge in [-0.1, -0.05) is 24.3 Å². The Morgan fingerprint density at radius 2 is 2.17 bits per heavy atom. The lowest BCUT2D eigenvalue weighted by atomic mass is 9.94. The summed E-state index contributed by atoms with van der Waals surface area (Å²) >= 11 is 1.63. The van der Waals surface area contributed by atoms with Gasteiger partial charge in [0.25, 0.3) is 0 Å². The summed E-state index contributed by atoms with van der Waals surface area (Å²) in [5, 5.41) is 6.47. The van der Waals surface area contributed by atoms with E-state index in [2.05, 4.69) is 28.8 Å². The van der Waals surface area contributed by atoms with Crippen molar-refractivity contribution in [1.29, 1.82) is 0 Å². The predicted octanol–water partition coefficient (Wildman–Crippen LogP) is 1.33. The molecule has 0 spiro atoms. The molecule has 0 aromatic heterocycles. The molecule has 126 valence electrons. The minimum absolute atomic E-state index is 0. The van der Waals surface area contributed by atoms with E-state index >= 15 is 0 Å². The van der Waals surface area contributed by atoms with Crippen LogP contribution in [-0.4, -0.2) is 47.5 Å². The van der Waals surface area contributed by atoms with Crippen molar-refractivity contribution in [3.63, 3.8) is 0 Å². The highest BCUT2D eigenvalue weighted by atomic mass is 35.5. The van der Waals surface area contributed by atoms with Gasteiger partial charge in [-0.25, -0.2) is 0 Å². The van der Waals surface area contributed by atoms with Crippen molar-refractivity contribution < 1.29 is 9.59 Å². The first-order chi connectivity index (χ1) is 10.7. The van der Waals surface area contributed by atoms with Crippen molar-refractivity contribution in [3.05, 3.63) is 35.4 Å². The van der Waals surface area contributed by atoms with Crippen LogP contribution >= 0.6 is 24.2 Å². The topological polar surface area (TPSA) is 61.4 Å². The number of amides is 2. The molecule has 2 atom stereocenters. The summed E-state index contributed by atoms with van der Waals surface area (Å²) in [6.07, 6.45) is 1.03. The fourth-order valence-corrected chi connectivity index (χ4v) is 4.28. The lowest BCUT2D eigenvalue weighted by Crippen LogP contribution is -2.48. The van der Waals surface area contributed by atoms with E-state index in [0.29, 0.717) is 18.2 Å². The largest absolute Gasteiger partial charge is 0.352 e. The number of nitrogens with one attached hydrogen (secondary N) is 2. The normalized spacial score (nSPS) is 22.9. The molecule has 0 aliphatic carbocycles. The third kappa shape index (κ3) is 4.00. The lowest BCUT2D eigenvalue weighted by Gasteiger charge is -2.28. The van der Waals surface area contributed by atoms with E-state index in [1.165, 1.54) is 18.1 Å². The molecule has 2 aliphatic rings. The Labute approximate surface area is 147 Å². The van der Waals surface area contributed by atoms with Crippen LogP contribution in [0.5, 0.6) is 0 Å². The van der Waals surface area contributed by atoms with Gasteiger partial charge in [0.2, 0.25) is 11.8 Å². The maximum absolute atomic E-state index is 12.4. The number of carbonyl (C=O) groups excluding carboxylic acids is 2. The first kappa shape index (κ1) is 18.1. The van der Waals surface area contributed by atoms with E-state index in [1.54, 1.807) is 16.7 Å². The van der Waals surface area contributed by atoms with Gasteiger partial charge in [0.05, 0.1) is 5.88 Å². The molecule has 2 unspecified atom stereocenters. The Morgan fingerprint density at radius 1 is 1.39 bits per heavy atom. The van der Waals surface area contributed by atoms with Crippen LogP contribution in [0.2, 0.25) is 0 Å². The smallest absolute Gasteiger partial charge is 0.243 e. The number of nitrogens with zero attached hydrogens (tertiary/aromatic N) is 1. The van der Waals surface area contributed by atoms with Crippen molar-refractivity contribution in [2.75, 3.05) is 24.7 Å². The number of benzene rings is 1. The van der Waals surface area contributed by atoms with E-state index < -0.39 is 0 Å². The van der Waals surface area contributed by atoms with E-state index in [1.807, 2.05) is 6.07 Å². The van der Waals surface area contributed by atoms with Gasteiger partial charge in [-0.15, -0.1) is 24.2 Å². The number of fused-ring (bicyclic) bond motifs is 1. The van der Waals surface area contributed by atoms with Crippen molar-refractivity contribution in [3.8, 4) is 0 Å². The van der Waals surface area contributed by atoms with Crippen LogP contribution in [0.25, 0.3) is 0 Å². The van der Waals surface area contributed by atoms with Gasteiger partial charge >= 0.3 is 0 Å². The van der Waals surface area contributed by atoms with E-state index in [9.17, 15) is 9.59 Å². The van der Waals surface area contributed by atoms with Crippen LogP contribution in [0, 0.1) is 0 Å². The van der Waals surface area contributed by atoms with Crippen LogP contribution in [0.15, 0.2) is 24.3 Å². The van der Waals surface area contributed by atoms with Crippen molar-refractivity contribution in [2.24, 2.45) is 0 Å². The maximum Gasteiger partial charge on any atom is 0.243 e. The van der Waals surface area contributed by atoms with Crippen LogP contribution in [0.3, 0.4) is 0 Å². The summed E-state index contributed by atoms with van der Waals surface area (Å²) in [6, 6.07) is 8.17. The first-order valence-electron chi connectivity index (χ1n) is 7.60. The SMILES string of the molecule is CC(=O)N1CSCC1C(=O)NCC1NCCc2ccccc21.Cl. The van der Waals surface area contributed by atoms with E-state index in [0.717, 1.165) is 13.0 Å². The fraction of sp³-hybridized carbons (Fsp3) is 0.500. The highest BCUT2D eigenvalue weighted by Gasteiger charge is 2.33. The zero-order valence-corrected chi connectivity index (χ0v) is 14.7. The Balaban J connectivity index is 0.00000192. The molecule has 7 heteroatoms. The molecule has 3 rings (SSSR count). The van der Waals surface area contributed by atoms with Gasteiger partial charge in [-0.05, 0) is 24.1 Å². The van der Waals surface area contributed by atoms with Crippen LogP contribution < -0.4 is 10.6 Å². The van der Waals surface area contributed by atoms with Gasteiger partial charge in [0.1, 0.15) is 6.04 Å². The maximum atomic E-state index is 12.4. The molecule has 0 saturated carbocycles. The number of halogens is 1. The van der Waals surface area contributed by atoms with Crippen molar-refractivity contribution >= 4 is 36.0 Å². The number of thioether (sulfide) groups is 1. The van der Waals surface area contributed by atoms with Crippen LogP contribution in [-0.2, 0) is 16.0 Å². The molecular formula is C16H22ClN3O2S. The number of rotatable bonds is 3. The second-order valence-electron chi connectivity index (χ2n) is 5.71. The minimum Gasteiger partial charge on any atom is -0.352 e. The van der Waals surface area contributed by atoms with Gasteiger partial charge < -0.3 is 15.5 Å². The standard InChI is InChI=1S/C16H21N3O2S.ClH/c1-11(20)19-10-22-9-15(19)16(21)18-8-14-13-5-3-2-4-12(13)6-7-17-14;/h2-5,14-15,17H,6-10H2,1H3,(H,18,21);1H. The lowest BCUT2D eigenvalue weighted by molar-refractivity contribution is -0.136. The summed E-state index contributed by atoms with van der Waals surface area (Å²) < 4.78 is 0. The average molecular weight is 356 g/mol. The van der Waals surface area contributed by atoms with Gasteiger partial charge in [0.15, 0.2) is 0 Å². The van der Waals surface area contributed by atoms with Gasteiger partial charge in [0, 0.05) is 25.3 Å². The Morgan fingerprint density at radius 3 is 2.96 bits per heavy atom. The molecule has 5 nitrogen and oxygen atoms in total. The summed E-state index contributed by atoms with van der Waals surface area (Å²) in [4.78, 5) is 25.6. The van der Waals surface area contributed by atoms with E-state index in [-0.39, 0.29) is 36.3 Å². The van der Waals surface area contributed by atoms with Crippen LogP contribution in [0.4, 0.5) is 0 Å². The highest BCUT2D eigenvalue weighted by molar-refractivity contribution is 7.99. The second-order valence-corrected chi connectivity index (χ2v) is 6.70. The zero-order valence-electron chi connectivity index (χ0n) is 13.1. The fourth-order valence-electron chi connectivity index (χ4n) is 3.07. The average Bonchev–Trinajstić information content (AvgIpc) is 3.02. The van der Waals surface area contributed by atoms with E-state index in [4.69, 9.17) is 0 Å². The van der Waals surface area contributed by atoms with Crippen molar-refractivity contribution in [1.82, 2.24) is 15.5 Å². The Kier molecular flexibility index (Phi) is 6.33. The number of carbonyl (C=O) groups is 2. The number of hydrogen-bond acceptors (Lipinski definition) is 4. The monoisotopic (exact) mass is 355 g/mol. The molecular weight excluding hydrogens is 334 g/mol. The molecule has 23 heavy (non-hydrogen) atoms. The highest BCUT2D eigenvalue weighted by Crippen LogP contribution is 2.23. The molecule has 0 radical (unpaired) electrons. The van der Waals surface area contributed by atoms with Gasteiger partial charge in [-0.2, -0.15) is 0 Å². The molecule has 1 fully saturated rings. The third-order valence-corrected chi connectivity index (χ3v) is 5.30. The molecule has 2 amide bonds. The summed E-state index contributed by atoms with van der Waals surface area (Å²) in [5.41, 5.74) is 2.61. The Bertz CT molecular complexity index is 584. The molecule has 1 aromatic carbocycles. The predicted molar refractivity (Wildman–Crippen MR) is 94.8 cm³/mol. The summed E-state index contributed by atoms with van der Waals surface area (Å²) in [7, 11) is 0. The first-order valence-corrected chi connectivity index (χ1v) is 8.76. The zero-order chi connectivity index (χ0) is 15.5. The number of hydrogen-bond donors (Lipinski definition) is 2. The van der Waals surface area contributed by atoms with Crippen molar-refractivity contribution in [2.45, 2.75) is 25.4 Å². The third-order valence-electron chi connectivity index (χ3n) is 4.29. The minimum atomic E-state index is -0.332. The molecule has 1 aromatic rings.